The van der Waals surface area contributed by atoms with Crippen LogP contribution >= 0.6 is 11.3 Å². The molecule has 1 unspecified atom stereocenters. The van der Waals surface area contributed by atoms with E-state index >= 15 is 0 Å². The molecule has 0 aliphatic heterocycles. The zero-order valence-corrected chi connectivity index (χ0v) is 15.0. The molecular weight excluding hydrogens is 344 g/mol. The van der Waals surface area contributed by atoms with Gasteiger partial charge >= 0.3 is 0 Å². The number of hydrogen-bond acceptors (Lipinski definition) is 3. The van der Waals surface area contributed by atoms with Crippen molar-refractivity contribution < 1.29 is 9.59 Å². The second-order valence-electron chi connectivity index (χ2n) is 5.88. The Balaban J connectivity index is 1.63. The predicted molar refractivity (Wildman–Crippen MR) is 104 cm³/mol. The molecule has 0 saturated carbocycles. The first-order chi connectivity index (χ1) is 12.7. The third kappa shape index (κ3) is 5.04. The van der Waals surface area contributed by atoms with Crippen molar-refractivity contribution in [2.75, 3.05) is 6.54 Å². The lowest BCUT2D eigenvalue weighted by atomic mass is 9.99. The molecule has 2 amide bonds. The third-order valence-corrected chi connectivity index (χ3v) is 4.84. The van der Waals surface area contributed by atoms with E-state index in [4.69, 9.17) is 0 Å². The summed E-state index contributed by atoms with van der Waals surface area (Å²) in [5.74, 6) is -0.436. The molecule has 0 fully saturated rings. The number of benzene rings is 2. The number of rotatable bonds is 7. The number of hydrogen-bond donors (Lipinski definition) is 2. The molecule has 1 heterocycles. The molecule has 1 aromatic heterocycles. The van der Waals surface area contributed by atoms with Gasteiger partial charge in [-0.05, 0) is 29.0 Å². The van der Waals surface area contributed by atoms with Gasteiger partial charge in [0.2, 0.25) is 5.91 Å². The van der Waals surface area contributed by atoms with Crippen molar-refractivity contribution in [2.24, 2.45) is 0 Å². The first-order valence-corrected chi connectivity index (χ1v) is 9.30. The average Bonchev–Trinajstić information content (AvgIpc) is 3.22. The Kier molecular flexibility index (Phi) is 6.17. The van der Waals surface area contributed by atoms with Gasteiger partial charge in [-0.2, -0.15) is 0 Å². The van der Waals surface area contributed by atoms with Gasteiger partial charge in [-0.3, -0.25) is 9.59 Å². The highest BCUT2D eigenvalue weighted by Gasteiger charge is 2.16. The van der Waals surface area contributed by atoms with Gasteiger partial charge in [0.15, 0.2) is 0 Å². The smallest absolute Gasteiger partial charge is 0.261 e. The van der Waals surface area contributed by atoms with Crippen molar-refractivity contribution in [3.8, 4) is 0 Å². The lowest BCUT2D eigenvalue weighted by molar-refractivity contribution is -0.120. The van der Waals surface area contributed by atoms with Crippen LogP contribution in [0, 0.1) is 0 Å². The van der Waals surface area contributed by atoms with Crippen LogP contribution in [-0.2, 0) is 11.2 Å². The second kappa shape index (κ2) is 8.97. The minimum absolute atomic E-state index is 0.0468. The van der Waals surface area contributed by atoms with Crippen molar-refractivity contribution in [3.63, 3.8) is 0 Å². The van der Waals surface area contributed by atoms with Gasteiger partial charge in [0.05, 0.1) is 17.5 Å². The highest BCUT2D eigenvalue weighted by Crippen LogP contribution is 2.18. The van der Waals surface area contributed by atoms with E-state index in [-0.39, 0.29) is 24.4 Å². The standard InChI is InChI=1S/C21H20N2O2S/c24-20(15-22-21(25)19-12-7-13-26-19)23-18(17-10-5-2-6-11-17)14-16-8-3-1-4-9-16/h1-13,18H,14-15H2,(H,22,25)(H,23,24). The molecule has 5 heteroatoms. The van der Waals surface area contributed by atoms with E-state index in [1.54, 1.807) is 6.07 Å². The van der Waals surface area contributed by atoms with Gasteiger partial charge in [0.25, 0.3) is 5.91 Å². The van der Waals surface area contributed by atoms with Crippen LogP contribution in [0.15, 0.2) is 78.2 Å². The molecule has 0 aliphatic carbocycles. The molecule has 3 rings (SSSR count). The molecule has 2 N–H and O–H groups in total. The molecule has 2 aromatic carbocycles. The first kappa shape index (κ1) is 17.9. The van der Waals surface area contributed by atoms with Gasteiger partial charge in [-0.1, -0.05) is 66.7 Å². The van der Waals surface area contributed by atoms with Crippen LogP contribution < -0.4 is 10.6 Å². The molecular formula is C21H20N2O2S. The van der Waals surface area contributed by atoms with E-state index in [0.717, 1.165) is 11.1 Å². The summed E-state index contributed by atoms with van der Waals surface area (Å²) in [7, 11) is 0. The topological polar surface area (TPSA) is 58.2 Å². The van der Waals surface area contributed by atoms with Crippen LogP contribution in [0.3, 0.4) is 0 Å². The van der Waals surface area contributed by atoms with Gasteiger partial charge in [-0.15, -0.1) is 11.3 Å². The Bertz CT molecular complexity index is 833. The molecule has 0 bridgehead atoms. The molecule has 0 aliphatic rings. The van der Waals surface area contributed by atoms with E-state index in [1.165, 1.54) is 11.3 Å². The highest BCUT2D eigenvalue weighted by molar-refractivity contribution is 7.12. The molecule has 0 radical (unpaired) electrons. The maximum atomic E-state index is 12.4. The monoisotopic (exact) mass is 364 g/mol. The van der Waals surface area contributed by atoms with E-state index in [2.05, 4.69) is 10.6 Å². The summed E-state index contributed by atoms with van der Waals surface area (Å²) in [6, 6.07) is 23.3. The normalized spacial score (nSPS) is 11.5. The highest BCUT2D eigenvalue weighted by atomic mass is 32.1. The molecule has 132 valence electrons. The van der Waals surface area contributed by atoms with E-state index in [1.807, 2.05) is 72.1 Å². The molecule has 26 heavy (non-hydrogen) atoms. The zero-order valence-electron chi connectivity index (χ0n) is 14.2. The van der Waals surface area contributed by atoms with Gasteiger partial charge in [0, 0.05) is 0 Å². The Morgan fingerprint density at radius 3 is 2.23 bits per heavy atom. The number of nitrogens with one attached hydrogen (secondary N) is 2. The third-order valence-electron chi connectivity index (χ3n) is 3.97. The maximum Gasteiger partial charge on any atom is 0.261 e. The summed E-state index contributed by atoms with van der Waals surface area (Å²) >= 11 is 1.35. The predicted octanol–water partition coefficient (Wildman–Crippen LogP) is 3.58. The summed E-state index contributed by atoms with van der Waals surface area (Å²) in [6.45, 7) is -0.0468. The molecule has 4 nitrogen and oxygen atoms in total. The van der Waals surface area contributed by atoms with Crippen molar-refractivity contribution in [3.05, 3.63) is 94.2 Å². The number of amides is 2. The number of thiophene rings is 1. The lowest BCUT2D eigenvalue weighted by Crippen LogP contribution is -2.39. The van der Waals surface area contributed by atoms with E-state index < -0.39 is 0 Å². The van der Waals surface area contributed by atoms with E-state index in [0.29, 0.717) is 11.3 Å². The fraction of sp³-hybridized carbons (Fsp3) is 0.143. The van der Waals surface area contributed by atoms with Crippen LogP contribution in [0.1, 0.15) is 26.8 Å². The van der Waals surface area contributed by atoms with Crippen molar-refractivity contribution in [1.82, 2.24) is 10.6 Å². The Morgan fingerprint density at radius 1 is 0.885 bits per heavy atom. The SMILES string of the molecule is O=C(CNC(=O)c1cccs1)NC(Cc1ccccc1)c1ccccc1. The number of carbonyl (C=O) groups excluding carboxylic acids is 2. The van der Waals surface area contributed by atoms with Crippen LogP contribution in [0.25, 0.3) is 0 Å². The number of carbonyl (C=O) groups is 2. The molecule has 3 aromatic rings. The van der Waals surface area contributed by atoms with Crippen molar-refractivity contribution >= 4 is 23.2 Å². The van der Waals surface area contributed by atoms with Crippen molar-refractivity contribution in [1.29, 1.82) is 0 Å². The maximum absolute atomic E-state index is 12.4. The van der Waals surface area contributed by atoms with Crippen LogP contribution in [-0.4, -0.2) is 18.4 Å². The van der Waals surface area contributed by atoms with Gasteiger partial charge in [-0.25, -0.2) is 0 Å². The summed E-state index contributed by atoms with van der Waals surface area (Å²) in [4.78, 5) is 24.9. The molecule has 1 atom stereocenters. The van der Waals surface area contributed by atoms with Crippen LogP contribution in [0.4, 0.5) is 0 Å². The van der Waals surface area contributed by atoms with Gasteiger partial charge < -0.3 is 10.6 Å². The van der Waals surface area contributed by atoms with Crippen LogP contribution in [0.2, 0.25) is 0 Å². The zero-order chi connectivity index (χ0) is 18.2. The lowest BCUT2D eigenvalue weighted by Gasteiger charge is -2.19. The molecule has 0 saturated heterocycles. The minimum Gasteiger partial charge on any atom is -0.347 e. The second-order valence-corrected chi connectivity index (χ2v) is 6.83. The summed E-state index contributed by atoms with van der Waals surface area (Å²) in [5.41, 5.74) is 2.18. The Labute approximate surface area is 156 Å². The summed E-state index contributed by atoms with van der Waals surface area (Å²) < 4.78 is 0. The summed E-state index contributed by atoms with van der Waals surface area (Å²) in [6.07, 6.45) is 0.690. The Morgan fingerprint density at radius 2 is 1.58 bits per heavy atom. The minimum atomic E-state index is -0.227. The summed E-state index contributed by atoms with van der Waals surface area (Å²) in [5, 5.41) is 7.53. The van der Waals surface area contributed by atoms with Crippen molar-refractivity contribution in [2.45, 2.75) is 12.5 Å². The van der Waals surface area contributed by atoms with Gasteiger partial charge in [0.1, 0.15) is 0 Å². The van der Waals surface area contributed by atoms with Crippen LogP contribution in [0.5, 0.6) is 0 Å². The fourth-order valence-electron chi connectivity index (χ4n) is 2.69. The van der Waals surface area contributed by atoms with E-state index in [9.17, 15) is 9.59 Å². The average molecular weight is 364 g/mol. The molecule has 0 spiro atoms. The quantitative estimate of drug-likeness (QED) is 0.673. The first-order valence-electron chi connectivity index (χ1n) is 8.42. The largest absolute Gasteiger partial charge is 0.347 e. The Hall–Kier alpha value is -2.92. The fourth-order valence-corrected chi connectivity index (χ4v) is 3.33.